The van der Waals surface area contributed by atoms with E-state index in [0.29, 0.717) is 11.6 Å². The quantitative estimate of drug-likeness (QED) is 0.850. The summed E-state index contributed by atoms with van der Waals surface area (Å²) in [6, 6.07) is 6.16. The summed E-state index contributed by atoms with van der Waals surface area (Å²) in [5.74, 6) is 1.39. The second kappa shape index (κ2) is 5.59. The minimum Gasteiger partial charge on any atom is -0.356 e. The van der Waals surface area contributed by atoms with Gasteiger partial charge in [-0.1, -0.05) is 6.07 Å². The third-order valence-corrected chi connectivity index (χ3v) is 4.67. The van der Waals surface area contributed by atoms with Gasteiger partial charge in [0.05, 0.1) is 5.01 Å². The summed E-state index contributed by atoms with van der Waals surface area (Å²) in [6.07, 6.45) is 4.19. The Kier molecular flexibility index (Phi) is 3.66. The van der Waals surface area contributed by atoms with E-state index in [9.17, 15) is 0 Å². The summed E-state index contributed by atoms with van der Waals surface area (Å²) in [5.41, 5.74) is 1.46. The van der Waals surface area contributed by atoms with Crippen LogP contribution in [0.3, 0.4) is 0 Å². The van der Waals surface area contributed by atoms with E-state index in [0.717, 1.165) is 30.9 Å². The minimum atomic E-state index is 0.484. The third kappa shape index (κ3) is 2.52. The molecule has 1 unspecified atom stereocenters. The Bertz CT molecular complexity index is 630. The summed E-state index contributed by atoms with van der Waals surface area (Å²) in [5, 5.41) is 12.3. The van der Waals surface area contributed by atoms with Crippen molar-refractivity contribution in [3.63, 3.8) is 0 Å². The van der Waals surface area contributed by atoms with Crippen LogP contribution >= 0.6 is 11.3 Å². The largest absolute Gasteiger partial charge is 0.356 e. The van der Waals surface area contributed by atoms with E-state index < -0.39 is 0 Å². The van der Waals surface area contributed by atoms with Crippen molar-refractivity contribution in [2.24, 2.45) is 0 Å². The molecule has 0 radical (unpaired) electrons. The predicted molar refractivity (Wildman–Crippen MR) is 80.0 cm³/mol. The smallest absolute Gasteiger partial charge is 0.145 e. The molecule has 0 N–H and O–H groups in total. The number of anilines is 1. The van der Waals surface area contributed by atoms with Gasteiger partial charge in [0.15, 0.2) is 0 Å². The number of pyridine rings is 1. The van der Waals surface area contributed by atoms with E-state index in [1.165, 1.54) is 11.4 Å². The second-order valence-corrected chi connectivity index (χ2v) is 6.03. The molecular formula is C15H16N4S. The van der Waals surface area contributed by atoms with Crippen molar-refractivity contribution in [1.29, 1.82) is 5.26 Å². The van der Waals surface area contributed by atoms with Gasteiger partial charge in [-0.2, -0.15) is 5.26 Å². The molecule has 102 valence electrons. The first-order chi connectivity index (χ1) is 9.78. The molecule has 0 aliphatic carbocycles. The molecule has 3 heterocycles. The zero-order chi connectivity index (χ0) is 13.9. The van der Waals surface area contributed by atoms with Crippen LogP contribution in [0.4, 0.5) is 5.82 Å². The Labute approximate surface area is 122 Å². The summed E-state index contributed by atoms with van der Waals surface area (Å²) in [4.78, 5) is 11.2. The molecule has 20 heavy (non-hydrogen) atoms. The van der Waals surface area contributed by atoms with Crippen molar-refractivity contribution >= 4 is 17.2 Å². The van der Waals surface area contributed by atoms with Crippen molar-refractivity contribution < 1.29 is 0 Å². The maximum atomic E-state index is 9.10. The van der Waals surface area contributed by atoms with E-state index in [2.05, 4.69) is 20.9 Å². The molecule has 0 saturated carbocycles. The van der Waals surface area contributed by atoms with Crippen LogP contribution < -0.4 is 4.90 Å². The molecule has 0 bridgehead atoms. The number of nitrogens with zero attached hydrogens (tertiary/aromatic N) is 4. The lowest BCUT2D eigenvalue weighted by Crippen LogP contribution is -2.35. The zero-order valence-electron chi connectivity index (χ0n) is 11.4. The van der Waals surface area contributed by atoms with Gasteiger partial charge in [-0.05, 0) is 31.4 Å². The van der Waals surface area contributed by atoms with Gasteiger partial charge in [-0.3, -0.25) is 0 Å². The number of aryl methyl sites for hydroxylation is 1. The molecule has 5 heteroatoms. The average molecular weight is 284 g/mol. The highest BCUT2D eigenvalue weighted by Crippen LogP contribution is 2.30. The third-order valence-electron chi connectivity index (χ3n) is 3.73. The first-order valence-corrected chi connectivity index (χ1v) is 7.68. The molecular weight excluding hydrogens is 268 g/mol. The van der Waals surface area contributed by atoms with E-state index in [1.807, 2.05) is 30.6 Å². The van der Waals surface area contributed by atoms with Gasteiger partial charge in [-0.25, -0.2) is 9.97 Å². The van der Waals surface area contributed by atoms with Crippen LogP contribution in [0, 0.1) is 18.3 Å². The number of nitriles is 1. The number of hydrogen-bond acceptors (Lipinski definition) is 5. The van der Waals surface area contributed by atoms with Crippen molar-refractivity contribution in [2.45, 2.75) is 25.7 Å². The Balaban J connectivity index is 1.82. The predicted octanol–water partition coefficient (Wildman–Crippen LogP) is 3.10. The Morgan fingerprint density at radius 1 is 1.45 bits per heavy atom. The van der Waals surface area contributed by atoms with Crippen LogP contribution in [0.15, 0.2) is 23.7 Å². The first kappa shape index (κ1) is 13.1. The Morgan fingerprint density at radius 2 is 2.35 bits per heavy atom. The molecule has 2 aromatic heterocycles. The number of rotatable bonds is 2. The molecule has 1 fully saturated rings. The molecule has 0 amide bonds. The lowest BCUT2D eigenvalue weighted by Gasteiger charge is -2.32. The van der Waals surface area contributed by atoms with Gasteiger partial charge >= 0.3 is 0 Å². The van der Waals surface area contributed by atoms with E-state index in [4.69, 9.17) is 5.26 Å². The number of piperidine rings is 1. The van der Waals surface area contributed by atoms with E-state index >= 15 is 0 Å². The van der Waals surface area contributed by atoms with Crippen LogP contribution in [0.1, 0.15) is 35.0 Å². The summed E-state index contributed by atoms with van der Waals surface area (Å²) < 4.78 is 0. The Hall–Kier alpha value is -1.93. The molecule has 2 aromatic rings. The molecule has 0 spiro atoms. The van der Waals surface area contributed by atoms with Gasteiger partial charge in [0.25, 0.3) is 0 Å². The normalized spacial score (nSPS) is 18.8. The highest BCUT2D eigenvalue weighted by atomic mass is 32.1. The van der Waals surface area contributed by atoms with Gasteiger partial charge in [0.2, 0.25) is 0 Å². The highest BCUT2D eigenvalue weighted by molar-refractivity contribution is 7.09. The molecule has 0 aromatic carbocycles. The Morgan fingerprint density at radius 3 is 3.10 bits per heavy atom. The molecule has 1 atom stereocenters. The van der Waals surface area contributed by atoms with Crippen LogP contribution in [-0.2, 0) is 0 Å². The van der Waals surface area contributed by atoms with Gasteiger partial charge in [-0.15, -0.1) is 11.3 Å². The maximum absolute atomic E-state index is 9.10. The average Bonchev–Trinajstić information content (AvgIpc) is 3.02. The van der Waals surface area contributed by atoms with Gasteiger partial charge in [0.1, 0.15) is 17.6 Å². The maximum Gasteiger partial charge on any atom is 0.145 e. The minimum absolute atomic E-state index is 0.484. The van der Waals surface area contributed by atoms with Crippen LogP contribution in [-0.4, -0.2) is 23.1 Å². The first-order valence-electron chi connectivity index (χ1n) is 6.80. The lowest BCUT2D eigenvalue weighted by atomic mass is 9.98. The van der Waals surface area contributed by atoms with Crippen molar-refractivity contribution in [1.82, 2.24) is 9.97 Å². The summed E-state index contributed by atoms with van der Waals surface area (Å²) >= 11 is 1.73. The topological polar surface area (TPSA) is 52.8 Å². The van der Waals surface area contributed by atoms with Crippen molar-refractivity contribution in [3.8, 4) is 6.07 Å². The molecule has 1 saturated heterocycles. The molecule has 3 rings (SSSR count). The number of hydrogen-bond donors (Lipinski definition) is 0. The van der Waals surface area contributed by atoms with E-state index in [-0.39, 0.29) is 0 Å². The number of aromatic nitrogens is 2. The van der Waals surface area contributed by atoms with Crippen LogP contribution in [0.25, 0.3) is 0 Å². The van der Waals surface area contributed by atoms with Crippen molar-refractivity contribution in [3.05, 3.63) is 40.0 Å². The fourth-order valence-corrected chi connectivity index (χ4v) is 3.40. The summed E-state index contributed by atoms with van der Waals surface area (Å²) in [6.45, 7) is 3.86. The van der Waals surface area contributed by atoms with E-state index in [1.54, 1.807) is 11.3 Å². The standard InChI is InChI=1S/C15H16N4S/c1-11-4-5-14(18-13(11)9-16)19-7-2-3-12(10-19)15-17-6-8-20-15/h4-6,8,12H,2-3,7,10H2,1H3. The molecule has 4 nitrogen and oxygen atoms in total. The fourth-order valence-electron chi connectivity index (χ4n) is 2.63. The van der Waals surface area contributed by atoms with Crippen LogP contribution in [0.5, 0.6) is 0 Å². The van der Waals surface area contributed by atoms with Crippen molar-refractivity contribution in [2.75, 3.05) is 18.0 Å². The second-order valence-electron chi connectivity index (χ2n) is 5.10. The monoisotopic (exact) mass is 284 g/mol. The molecule has 1 aliphatic heterocycles. The summed E-state index contributed by atoms with van der Waals surface area (Å²) in [7, 11) is 0. The van der Waals surface area contributed by atoms with Crippen LogP contribution in [0.2, 0.25) is 0 Å². The zero-order valence-corrected chi connectivity index (χ0v) is 12.2. The SMILES string of the molecule is Cc1ccc(N2CCCC(c3nccs3)C2)nc1C#N. The van der Waals surface area contributed by atoms with Gasteiger partial charge in [0, 0.05) is 30.6 Å². The number of thiazole rings is 1. The van der Waals surface area contributed by atoms with Gasteiger partial charge < -0.3 is 4.90 Å². The highest BCUT2D eigenvalue weighted by Gasteiger charge is 2.24. The fraction of sp³-hybridized carbons (Fsp3) is 0.400. The molecule has 1 aliphatic rings. The lowest BCUT2D eigenvalue weighted by molar-refractivity contribution is 0.505.